The number of aromatic nitrogens is 1. The molecule has 5 heteroatoms. The van der Waals surface area contributed by atoms with Crippen molar-refractivity contribution in [3.63, 3.8) is 0 Å². The topological polar surface area (TPSA) is 24.9 Å². The Morgan fingerprint density at radius 3 is 3.06 bits per heavy atom. The zero-order chi connectivity index (χ0) is 12.5. The fourth-order valence-electron chi connectivity index (χ4n) is 1.71. The summed E-state index contributed by atoms with van der Waals surface area (Å²) in [4.78, 5) is 5.72. The molecule has 1 heterocycles. The van der Waals surface area contributed by atoms with Gasteiger partial charge in [0.15, 0.2) is 0 Å². The highest BCUT2D eigenvalue weighted by Gasteiger charge is 2.20. The van der Waals surface area contributed by atoms with Gasteiger partial charge in [0.25, 0.3) is 0 Å². The number of nitrogens with zero attached hydrogens (tertiary/aromatic N) is 1. The Morgan fingerprint density at radius 1 is 1.44 bits per heavy atom. The molecule has 2 aromatic rings. The van der Waals surface area contributed by atoms with E-state index < -0.39 is 0 Å². The van der Waals surface area contributed by atoms with Crippen molar-refractivity contribution >= 4 is 38.9 Å². The molecular weight excluding hydrogens is 332 g/mol. The quantitative estimate of drug-likeness (QED) is 0.885. The second-order valence-electron chi connectivity index (χ2n) is 4.41. The first-order chi connectivity index (χ1) is 8.72. The van der Waals surface area contributed by atoms with E-state index in [1.165, 1.54) is 17.7 Å². The fourth-order valence-corrected chi connectivity index (χ4v) is 3.23. The van der Waals surface area contributed by atoms with Crippen molar-refractivity contribution in [3.8, 4) is 10.6 Å². The summed E-state index contributed by atoms with van der Waals surface area (Å²) in [6.07, 6.45) is 4.55. The van der Waals surface area contributed by atoms with Crippen molar-refractivity contribution < 1.29 is 0 Å². The van der Waals surface area contributed by atoms with Gasteiger partial charge in [-0.15, -0.1) is 11.3 Å². The molecular formula is C13H12BrClN2S. The van der Waals surface area contributed by atoms with Gasteiger partial charge in [-0.1, -0.05) is 27.5 Å². The zero-order valence-corrected chi connectivity index (χ0v) is 12.8. The molecule has 1 N–H and O–H groups in total. The molecule has 1 fully saturated rings. The van der Waals surface area contributed by atoms with Gasteiger partial charge in [0.1, 0.15) is 5.01 Å². The van der Waals surface area contributed by atoms with Crippen molar-refractivity contribution in [2.75, 3.05) is 0 Å². The van der Waals surface area contributed by atoms with E-state index in [1.807, 2.05) is 24.4 Å². The lowest BCUT2D eigenvalue weighted by Gasteiger charge is -2.01. The molecule has 0 bridgehead atoms. The number of rotatable bonds is 4. The van der Waals surface area contributed by atoms with Gasteiger partial charge in [0.2, 0.25) is 0 Å². The summed E-state index contributed by atoms with van der Waals surface area (Å²) in [5, 5.41) is 5.22. The molecule has 94 valence electrons. The molecule has 18 heavy (non-hydrogen) atoms. The van der Waals surface area contributed by atoms with Crippen LogP contribution in [0.15, 0.2) is 28.9 Å². The molecule has 0 saturated heterocycles. The third-order valence-electron chi connectivity index (χ3n) is 2.85. The maximum atomic E-state index is 6.21. The molecule has 1 aromatic heterocycles. The first-order valence-electron chi connectivity index (χ1n) is 5.86. The SMILES string of the molecule is Clc1ccc(Br)cc1-c1ncc(CNC2CC2)s1. The van der Waals surface area contributed by atoms with E-state index in [0.29, 0.717) is 0 Å². The third kappa shape index (κ3) is 2.94. The average Bonchev–Trinajstić information content (AvgIpc) is 3.08. The van der Waals surface area contributed by atoms with Crippen LogP contribution >= 0.6 is 38.9 Å². The Morgan fingerprint density at radius 2 is 2.28 bits per heavy atom. The number of nitrogens with one attached hydrogen (secondary N) is 1. The Hall–Kier alpha value is -0.420. The smallest absolute Gasteiger partial charge is 0.125 e. The molecule has 0 aliphatic heterocycles. The Balaban J connectivity index is 1.80. The summed E-state index contributed by atoms with van der Waals surface area (Å²) >= 11 is 11.4. The van der Waals surface area contributed by atoms with Crippen molar-refractivity contribution in [2.24, 2.45) is 0 Å². The lowest BCUT2D eigenvalue weighted by molar-refractivity contribution is 0.694. The van der Waals surface area contributed by atoms with Gasteiger partial charge in [-0.3, -0.25) is 0 Å². The highest BCUT2D eigenvalue weighted by molar-refractivity contribution is 9.10. The lowest BCUT2D eigenvalue weighted by atomic mass is 10.2. The molecule has 0 spiro atoms. The highest BCUT2D eigenvalue weighted by Crippen LogP contribution is 2.33. The van der Waals surface area contributed by atoms with Crippen molar-refractivity contribution in [3.05, 3.63) is 38.8 Å². The Bertz CT molecular complexity index is 566. The van der Waals surface area contributed by atoms with E-state index in [1.54, 1.807) is 11.3 Å². The van der Waals surface area contributed by atoms with E-state index in [-0.39, 0.29) is 0 Å². The average molecular weight is 344 g/mol. The minimum atomic E-state index is 0.727. The van der Waals surface area contributed by atoms with E-state index in [0.717, 1.165) is 32.7 Å². The molecule has 1 aliphatic rings. The summed E-state index contributed by atoms with van der Waals surface area (Å²) in [5.74, 6) is 0. The first-order valence-corrected chi connectivity index (χ1v) is 7.84. The van der Waals surface area contributed by atoms with E-state index in [4.69, 9.17) is 11.6 Å². The fraction of sp³-hybridized carbons (Fsp3) is 0.308. The largest absolute Gasteiger partial charge is 0.309 e. The second-order valence-corrected chi connectivity index (χ2v) is 6.85. The van der Waals surface area contributed by atoms with E-state index >= 15 is 0 Å². The molecule has 0 unspecified atom stereocenters. The molecule has 1 aliphatic carbocycles. The standard InChI is InChI=1S/C13H12BrClN2S/c14-8-1-4-12(15)11(5-8)13-17-7-10(18-13)6-16-9-2-3-9/h1,4-5,7,9,16H,2-3,6H2. The van der Waals surface area contributed by atoms with Crippen LogP contribution in [0.5, 0.6) is 0 Å². The van der Waals surface area contributed by atoms with Crippen LogP contribution in [0.1, 0.15) is 17.7 Å². The molecule has 3 rings (SSSR count). The molecule has 1 aromatic carbocycles. The number of hydrogen-bond acceptors (Lipinski definition) is 3. The van der Waals surface area contributed by atoms with Crippen LogP contribution in [-0.4, -0.2) is 11.0 Å². The van der Waals surface area contributed by atoms with Crippen LogP contribution in [0.2, 0.25) is 5.02 Å². The van der Waals surface area contributed by atoms with Gasteiger partial charge in [-0.2, -0.15) is 0 Å². The van der Waals surface area contributed by atoms with Gasteiger partial charge < -0.3 is 5.32 Å². The summed E-state index contributed by atoms with van der Waals surface area (Å²) in [6, 6.07) is 6.57. The Labute approximate surface area is 124 Å². The van der Waals surface area contributed by atoms with Crippen molar-refractivity contribution in [1.29, 1.82) is 0 Å². The van der Waals surface area contributed by atoms with E-state index in [9.17, 15) is 0 Å². The van der Waals surface area contributed by atoms with Crippen LogP contribution in [0.3, 0.4) is 0 Å². The predicted octanol–water partition coefficient (Wildman–Crippen LogP) is 4.48. The van der Waals surface area contributed by atoms with Crippen LogP contribution in [-0.2, 0) is 6.54 Å². The van der Waals surface area contributed by atoms with Crippen LogP contribution in [0.4, 0.5) is 0 Å². The summed E-state index contributed by atoms with van der Waals surface area (Å²) < 4.78 is 1.02. The van der Waals surface area contributed by atoms with Gasteiger partial charge in [0.05, 0.1) is 5.02 Å². The number of thiazole rings is 1. The maximum Gasteiger partial charge on any atom is 0.125 e. The summed E-state index contributed by atoms with van der Waals surface area (Å²) in [7, 11) is 0. The minimum absolute atomic E-state index is 0.727. The maximum absolute atomic E-state index is 6.21. The number of hydrogen-bond donors (Lipinski definition) is 1. The summed E-state index contributed by atoms with van der Waals surface area (Å²) in [5.41, 5.74) is 0.994. The summed E-state index contributed by atoms with van der Waals surface area (Å²) in [6.45, 7) is 0.911. The normalized spacial score (nSPS) is 15.0. The monoisotopic (exact) mass is 342 g/mol. The zero-order valence-electron chi connectivity index (χ0n) is 9.62. The van der Waals surface area contributed by atoms with Crippen LogP contribution < -0.4 is 5.32 Å². The van der Waals surface area contributed by atoms with Crippen molar-refractivity contribution in [1.82, 2.24) is 10.3 Å². The van der Waals surface area contributed by atoms with Gasteiger partial charge in [-0.25, -0.2) is 4.98 Å². The first kappa shape index (κ1) is 12.6. The predicted molar refractivity (Wildman–Crippen MR) is 80.1 cm³/mol. The number of benzene rings is 1. The van der Waals surface area contributed by atoms with Crippen LogP contribution in [0.25, 0.3) is 10.6 Å². The van der Waals surface area contributed by atoms with Gasteiger partial charge >= 0.3 is 0 Å². The molecule has 0 radical (unpaired) electrons. The molecule has 2 nitrogen and oxygen atoms in total. The van der Waals surface area contributed by atoms with Crippen molar-refractivity contribution in [2.45, 2.75) is 25.4 Å². The third-order valence-corrected chi connectivity index (χ3v) is 4.71. The van der Waals surface area contributed by atoms with Gasteiger partial charge in [-0.05, 0) is 31.0 Å². The van der Waals surface area contributed by atoms with Crippen LogP contribution in [0, 0.1) is 0 Å². The molecule has 1 saturated carbocycles. The van der Waals surface area contributed by atoms with E-state index in [2.05, 4.69) is 26.2 Å². The lowest BCUT2D eigenvalue weighted by Crippen LogP contribution is -2.14. The van der Waals surface area contributed by atoms with Gasteiger partial charge in [0, 0.05) is 33.7 Å². The molecule has 0 atom stereocenters. The number of halogens is 2. The highest BCUT2D eigenvalue weighted by atomic mass is 79.9. The minimum Gasteiger partial charge on any atom is -0.309 e. The molecule has 0 amide bonds. The second kappa shape index (κ2) is 5.29. The Kier molecular flexibility index (Phi) is 3.71.